The monoisotopic (exact) mass is 162 g/mol. The summed E-state index contributed by atoms with van der Waals surface area (Å²) in [5, 5.41) is 0. The summed E-state index contributed by atoms with van der Waals surface area (Å²) in [4.78, 5) is 0. The first-order valence-electron chi connectivity index (χ1n) is 3.89. The molecule has 0 amide bonds. The van der Waals surface area contributed by atoms with Crippen LogP contribution in [0.5, 0.6) is 0 Å². The average Bonchev–Trinajstić information content (AvgIpc) is 1.87. The van der Waals surface area contributed by atoms with Crippen molar-refractivity contribution in [1.82, 2.24) is 0 Å². The zero-order valence-corrected chi connectivity index (χ0v) is 7.85. The summed E-state index contributed by atoms with van der Waals surface area (Å²) in [7, 11) is 1.65. The van der Waals surface area contributed by atoms with Crippen molar-refractivity contribution in [2.75, 3.05) is 26.9 Å². The van der Waals surface area contributed by atoms with E-state index in [0.717, 1.165) is 0 Å². The van der Waals surface area contributed by atoms with E-state index in [9.17, 15) is 0 Å². The predicted octanol–water partition coefficient (Wildman–Crippen LogP) is 1.42. The molecule has 0 radical (unpaired) electrons. The van der Waals surface area contributed by atoms with Crippen molar-refractivity contribution in [2.45, 2.75) is 26.6 Å². The van der Waals surface area contributed by atoms with Crippen LogP contribution in [0.3, 0.4) is 0 Å². The van der Waals surface area contributed by atoms with Crippen molar-refractivity contribution >= 4 is 0 Å². The molecule has 0 N–H and O–H groups in total. The van der Waals surface area contributed by atoms with E-state index in [2.05, 4.69) is 0 Å². The molecule has 68 valence electrons. The second kappa shape index (κ2) is 5.52. The van der Waals surface area contributed by atoms with Crippen molar-refractivity contribution in [1.29, 1.82) is 0 Å². The summed E-state index contributed by atoms with van der Waals surface area (Å²) < 4.78 is 15.5. The quantitative estimate of drug-likeness (QED) is 0.436. The maximum atomic E-state index is 5.36. The van der Waals surface area contributed by atoms with Gasteiger partial charge in [-0.05, 0) is 20.8 Å². The molecule has 0 fully saturated rings. The molecule has 0 aliphatic rings. The highest BCUT2D eigenvalue weighted by molar-refractivity contribution is 4.52. The van der Waals surface area contributed by atoms with Crippen molar-refractivity contribution in [3.63, 3.8) is 0 Å². The smallest absolute Gasteiger partial charge is 0.162 e. The molecule has 0 unspecified atom stereocenters. The van der Waals surface area contributed by atoms with Gasteiger partial charge in [0.15, 0.2) is 5.79 Å². The Bertz CT molecular complexity index is 91.3. The maximum Gasteiger partial charge on any atom is 0.162 e. The second-order valence-corrected chi connectivity index (χ2v) is 2.67. The van der Waals surface area contributed by atoms with Gasteiger partial charge in [-0.25, -0.2) is 0 Å². The van der Waals surface area contributed by atoms with E-state index in [-0.39, 0.29) is 0 Å². The van der Waals surface area contributed by atoms with E-state index in [1.165, 1.54) is 0 Å². The van der Waals surface area contributed by atoms with Crippen LogP contribution in [0.25, 0.3) is 0 Å². The number of ether oxygens (including phenoxy) is 3. The van der Waals surface area contributed by atoms with Gasteiger partial charge in [-0.2, -0.15) is 0 Å². The first-order chi connectivity index (χ1) is 5.12. The highest BCUT2D eigenvalue weighted by Crippen LogP contribution is 2.09. The highest BCUT2D eigenvalue weighted by atomic mass is 16.7. The molecule has 0 aromatic rings. The lowest BCUT2D eigenvalue weighted by atomic mass is 10.4. The lowest BCUT2D eigenvalue weighted by Crippen LogP contribution is -2.29. The van der Waals surface area contributed by atoms with Crippen LogP contribution in [0, 0.1) is 0 Å². The molecule has 3 heteroatoms. The minimum absolute atomic E-state index is 0.479. The molecule has 0 rings (SSSR count). The first-order valence-corrected chi connectivity index (χ1v) is 3.89. The van der Waals surface area contributed by atoms with E-state index in [1.54, 1.807) is 7.11 Å². The van der Waals surface area contributed by atoms with Gasteiger partial charge in [-0.15, -0.1) is 0 Å². The number of hydrogen-bond donors (Lipinski definition) is 0. The summed E-state index contributed by atoms with van der Waals surface area (Å²) in [6.45, 7) is 7.58. The molecule has 0 aliphatic carbocycles. The van der Waals surface area contributed by atoms with Gasteiger partial charge >= 0.3 is 0 Å². The van der Waals surface area contributed by atoms with Crippen LogP contribution in [0.1, 0.15) is 20.8 Å². The Labute approximate surface area is 68.6 Å². The van der Waals surface area contributed by atoms with Crippen molar-refractivity contribution in [3.8, 4) is 0 Å². The fraction of sp³-hybridized carbons (Fsp3) is 1.00. The summed E-state index contributed by atoms with van der Waals surface area (Å²) >= 11 is 0. The topological polar surface area (TPSA) is 27.7 Å². The van der Waals surface area contributed by atoms with Crippen LogP contribution >= 0.6 is 0 Å². The Balaban J connectivity index is 3.38. The molecule has 0 bridgehead atoms. The van der Waals surface area contributed by atoms with Crippen molar-refractivity contribution in [2.24, 2.45) is 0 Å². The summed E-state index contributed by atoms with van der Waals surface area (Å²) in [5.41, 5.74) is 0. The molecule has 0 atom stereocenters. The molecular formula is C8H18O3. The summed E-state index contributed by atoms with van der Waals surface area (Å²) in [6, 6.07) is 0. The van der Waals surface area contributed by atoms with Gasteiger partial charge in [-0.1, -0.05) is 0 Å². The Morgan fingerprint density at radius 3 is 2.18 bits per heavy atom. The van der Waals surface area contributed by atoms with Crippen LogP contribution in [0.4, 0.5) is 0 Å². The minimum Gasteiger partial charge on any atom is -0.382 e. The van der Waals surface area contributed by atoms with Crippen molar-refractivity contribution in [3.05, 3.63) is 0 Å². The normalized spacial score (nSPS) is 12.0. The highest BCUT2D eigenvalue weighted by Gasteiger charge is 2.16. The minimum atomic E-state index is -0.479. The lowest BCUT2D eigenvalue weighted by molar-refractivity contribution is -0.214. The zero-order chi connectivity index (χ0) is 8.74. The molecule has 0 saturated heterocycles. The molecule has 0 aromatic carbocycles. The van der Waals surface area contributed by atoms with E-state index in [0.29, 0.717) is 19.8 Å². The first kappa shape index (κ1) is 10.9. The Kier molecular flexibility index (Phi) is 5.46. The summed E-state index contributed by atoms with van der Waals surface area (Å²) in [6.07, 6.45) is 0. The molecule has 3 nitrogen and oxygen atoms in total. The molecular weight excluding hydrogens is 144 g/mol. The van der Waals surface area contributed by atoms with Gasteiger partial charge in [0.25, 0.3) is 0 Å². The number of methoxy groups -OCH3 is 1. The van der Waals surface area contributed by atoms with Gasteiger partial charge in [0.1, 0.15) is 0 Å². The van der Waals surface area contributed by atoms with Gasteiger partial charge in [0.2, 0.25) is 0 Å². The van der Waals surface area contributed by atoms with Gasteiger partial charge in [0.05, 0.1) is 13.2 Å². The van der Waals surface area contributed by atoms with Crippen molar-refractivity contribution < 1.29 is 14.2 Å². The second-order valence-electron chi connectivity index (χ2n) is 2.67. The molecule has 0 aliphatic heterocycles. The fourth-order valence-corrected chi connectivity index (χ4v) is 0.760. The van der Waals surface area contributed by atoms with Gasteiger partial charge < -0.3 is 14.2 Å². The van der Waals surface area contributed by atoms with Gasteiger partial charge in [0, 0.05) is 13.7 Å². The van der Waals surface area contributed by atoms with Gasteiger partial charge in [-0.3, -0.25) is 0 Å². The molecule has 11 heavy (non-hydrogen) atoms. The molecule has 0 heterocycles. The molecule has 0 spiro atoms. The van der Waals surface area contributed by atoms with E-state index in [1.807, 2.05) is 20.8 Å². The van der Waals surface area contributed by atoms with Crippen LogP contribution in [-0.4, -0.2) is 32.7 Å². The Hall–Kier alpha value is -0.120. The largest absolute Gasteiger partial charge is 0.382 e. The molecule has 0 saturated carbocycles. The number of hydrogen-bond acceptors (Lipinski definition) is 3. The zero-order valence-electron chi connectivity index (χ0n) is 7.85. The SMILES string of the molecule is CCOC(C)(C)OCCOC. The van der Waals surface area contributed by atoms with E-state index < -0.39 is 5.79 Å². The maximum absolute atomic E-state index is 5.36. The third kappa shape index (κ3) is 6.28. The summed E-state index contributed by atoms with van der Waals surface area (Å²) in [5.74, 6) is -0.479. The Morgan fingerprint density at radius 2 is 1.73 bits per heavy atom. The van der Waals surface area contributed by atoms with E-state index in [4.69, 9.17) is 14.2 Å². The van der Waals surface area contributed by atoms with Crippen LogP contribution in [0.15, 0.2) is 0 Å². The fourth-order valence-electron chi connectivity index (χ4n) is 0.760. The average molecular weight is 162 g/mol. The number of rotatable bonds is 6. The van der Waals surface area contributed by atoms with Crippen LogP contribution in [-0.2, 0) is 14.2 Å². The lowest BCUT2D eigenvalue weighted by Gasteiger charge is -2.24. The third-order valence-corrected chi connectivity index (χ3v) is 1.23. The van der Waals surface area contributed by atoms with Crippen LogP contribution in [0.2, 0.25) is 0 Å². The molecule has 0 aromatic heterocycles. The Morgan fingerprint density at radius 1 is 1.09 bits per heavy atom. The van der Waals surface area contributed by atoms with E-state index >= 15 is 0 Å². The predicted molar refractivity (Wildman–Crippen MR) is 43.5 cm³/mol. The standard InChI is InChI=1S/C8H18O3/c1-5-10-8(2,3)11-7-6-9-4/h5-7H2,1-4H3. The van der Waals surface area contributed by atoms with Crippen LogP contribution < -0.4 is 0 Å². The third-order valence-electron chi connectivity index (χ3n) is 1.23.